The molecule has 0 spiro atoms. The molecule has 1 aromatic heterocycles. The number of methoxy groups -OCH3 is 1. The smallest absolute Gasteiger partial charge is 0.307 e. The number of rotatable bonds is 8. The summed E-state index contributed by atoms with van der Waals surface area (Å²) >= 11 is 1.18. The number of thiazole rings is 1. The summed E-state index contributed by atoms with van der Waals surface area (Å²) in [6, 6.07) is 8.20. The van der Waals surface area contributed by atoms with E-state index in [1.807, 2.05) is 30.5 Å². The van der Waals surface area contributed by atoms with Crippen LogP contribution in [-0.2, 0) is 11.3 Å². The third-order valence-electron chi connectivity index (χ3n) is 5.09. The van der Waals surface area contributed by atoms with Crippen LogP contribution in [0.1, 0.15) is 36.6 Å². The van der Waals surface area contributed by atoms with Gasteiger partial charge in [-0.05, 0) is 50.6 Å². The number of ether oxygens (including phenoxy) is 1. The van der Waals surface area contributed by atoms with E-state index in [0.717, 1.165) is 30.1 Å². The van der Waals surface area contributed by atoms with Crippen LogP contribution in [-0.4, -0.2) is 42.1 Å². The lowest BCUT2D eigenvalue weighted by molar-refractivity contribution is -0.121. The largest absolute Gasteiger partial charge is 0.497 e. The standard InChI is InChI=1S/C20H27N3O3S/c1-15-14-27-20(25)23(15)11-8-19(24)21-13-18(22-9-3-4-10-22)16-6-5-7-17(12-16)26-2/h5-7,12,14,18H,3-4,8-11,13H2,1-2H3,(H,21,24). The van der Waals surface area contributed by atoms with E-state index < -0.39 is 0 Å². The van der Waals surface area contributed by atoms with Crippen LogP contribution in [0.15, 0.2) is 34.4 Å². The number of aromatic nitrogens is 1. The highest BCUT2D eigenvalue weighted by Gasteiger charge is 2.24. The fourth-order valence-electron chi connectivity index (χ4n) is 3.55. The number of amides is 1. The van der Waals surface area contributed by atoms with Gasteiger partial charge >= 0.3 is 4.87 Å². The number of hydrogen-bond donors (Lipinski definition) is 1. The molecule has 3 rings (SSSR count). The second-order valence-corrected chi connectivity index (χ2v) is 7.70. The number of nitrogens with one attached hydrogen (secondary N) is 1. The Morgan fingerprint density at radius 2 is 2.11 bits per heavy atom. The molecule has 1 amide bonds. The molecule has 7 heteroatoms. The van der Waals surface area contributed by atoms with Gasteiger partial charge in [0.2, 0.25) is 5.91 Å². The van der Waals surface area contributed by atoms with Gasteiger partial charge in [0.25, 0.3) is 0 Å². The number of carbonyl (C=O) groups is 1. The summed E-state index contributed by atoms with van der Waals surface area (Å²) in [6.45, 7) is 4.96. The van der Waals surface area contributed by atoms with Crippen LogP contribution in [0.4, 0.5) is 0 Å². The van der Waals surface area contributed by atoms with E-state index in [1.54, 1.807) is 11.7 Å². The topological polar surface area (TPSA) is 63.6 Å². The highest BCUT2D eigenvalue weighted by atomic mass is 32.1. The molecule has 0 radical (unpaired) electrons. The third kappa shape index (κ3) is 4.99. The van der Waals surface area contributed by atoms with Crippen molar-refractivity contribution in [2.24, 2.45) is 0 Å². The van der Waals surface area contributed by atoms with Gasteiger partial charge in [0.05, 0.1) is 13.2 Å². The number of carbonyl (C=O) groups excluding carboxylic acids is 1. The molecule has 2 aromatic rings. The number of benzene rings is 1. The van der Waals surface area contributed by atoms with E-state index in [2.05, 4.69) is 16.3 Å². The Labute approximate surface area is 163 Å². The highest BCUT2D eigenvalue weighted by Crippen LogP contribution is 2.27. The SMILES string of the molecule is COc1cccc(C(CNC(=O)CCn2c(C)csc2=O)N2CCCC2)c1. The summed E-state index contributed by atoms with van der Waals surface area (Å²) in [5, 5.41) is 4.89. The van der Waals surface area contributed by atoms with Crippen LogP contribution >= 0.6 is 11.3 Å². The average Bonchev–Trinajstić information content (AvgIpc) is 3.31. The summed E-state index contributed by atoms with van der Waals surface area (Å²) in [4.78, 5) is 26.5. The van der Waals surface area contributed by atoms with Crippen molar-refractivity contribution in [3.8, 4) is 5.75 Å². The zero-order valence-electron chi connectivity index (χ0n) is 15.9. The predicted molar refractivity (Wildman–Crippen MR) is 107 cm³/mol. The van der Waals surface area contributed by atoms with Crippen molar-refractivity contribution >= 4 is 17.2 Å². The van der Waals surface area contributed by atoms with Gasteiger partial charge in [-0.1, -0.05) is 23.5 Å². The monoisotopic (exact) mass is 389 g/mol. The number of nitrogens with zero attached hydrogens (tertiary/aromatic N) is 2. The molecule has 1 atom stereocenters. The minimum atomic E-state index is -0.0282. The van der Waals surface area contributed by atoms with Crippen LogP contribution in [0.5, 0.6) is 5.75 Å². The highest BCUT2D eigenvalue weighted by molar-refractivity contribution is 7.07. The molecule has 1 N–H and O–H groups in total. The Balaban J connectivity index is 1.62. The molecule has 2 heterocycles. The molecule has 1 aliphatic heterocycles. The van der Waals surface area contributed by atoms with Gasteiger partial charge in [-0.15, -0.1) is 0 Å². The van der Waals surface area contributed by atoms with Crippen LogP contribution in [0, 0.1) is 6.92 Å². The quantitative estimate of drug-likeness (QED) is 0.754. The van der Waals surface area contributed by atoms with Crippen LogP contribution in [0.3, 0.4) is 0 Å². The van der Waals surface area contributed by atoms with Crippen LogP contribution in [0.2, 0.25) is 0 Å². The Hall–Kier alpha value is -2.12. The van der Waals surface area contributed by atoms with Gasteiger partial charge in [0, 0.05) is 30.6 Å². The maximum atomic E-state index is 12.4. The van der Waals surface area contributed by atoms with Gasteiger partial charge < -0.3 is 14.6 Å². The third-order valence-corrected chi connectivity index (χ3v) is 5.97. The minimum Gasteiger partial charge on any atom is -0.497 e. The first-order valence-electron chi connectivity index (χ1n) is 9.38. The summed E-state index contributed by atoms with van der Waals surface area (Å²) in [5.41, 5.74) is 2.06. The van der Waals surface area contributed by atoms with E-state index in [1.165, 1.54) is 24.2 Å². The zero-order valence-corrected chi connectivity index (χ0v) is 16.8. The van der Waals surface area contributed by atoms with Crippen molar-refractivity contribution < 1.29 is 9.53 Å². The first kappa shape index (κ1) is 19.6. The zero-order chi connectivity index (χ0) is 19.2. The molecular formula is C20H27N3O3S. The fourth-order valence-corrected chi connectivity index (χ4v) is 4.31. The lowest BCUT2D eigenvalue weighted by Gasteiger charge is -2.28. The number of likely N-dealkylation sites (tertiary alicyclic amines) is 1. The molecule has 27 heavy (non-hydrogen) atoms. The molecule has 1 aliphatic rings. The molecule has 1 fully saturated rings. The fraction of sp³-hybridized carbons (Fsp3) is 0.500. The van der Waals surface area contributed by atoms with E-state index in [0.29, 0.717) is 19.5 Å². The molecule has 1 aromatic carbocycles. The van der Waals surface area contributed by atoms with Gasteiger partial charge in [-0.3, -0.25) is 14.5 Å². The van der Waals surface area contributed by atoms with Crippen molar-refractivity contribution in [3.63, 3.8) is 0 Å². The van der Waals surface area contributed by atoms with Crippen molar-refractivity contribution in [3.05, 3.63) is 50.6 Å². The van der Waals surface area contributed by atoms with Gasteiger partial charge in [-0.25, -0.2) is 0 Å². The molecule has 0 aliphatic carbocycles. The Morgan fingerprint density at radius 3 is 2.78 bits per heavy atom. The predicted octanol–water partition coefficient (Wildman–Crippen LogP) is 2.57. The van der Waals surface area contributed by atoms with E-state index in [-0.39, 0.29) is 16.8 Å². The number of aryl methyl sites for hydroxylation is 1. The summed E-state index contributed by atoms with van der Waals surface area (Å²) in [7, 11) is 1.67. The van der Waals surface area contributed by atoms with Gasteiger partial charge in [0.1, 0.15) is 5.75 Å². The van der Waals surface area contributed by atoms with Crippen molar-refractivity contribution in [2.45, 2.75) is 38.8 Å². The summed E-state index contributed by atoms with van der Waals surface area (Å²) < 4.78 is 7.02. The molecule has 1 saturated heterocycles. The Morgan fingerprint density at radius 1 is 1.33 bits per heavy atom. The van der Waals surface area contributed by atoms with Crippen molar-refractivity contribution in [1.82, 2.24) is 14.8 Å². The minimum absolute atomic E-state index is 0.00776. The van der Waals surface area contributed by atoms with Gasteiger partial charge in [-0.2, -0.15) is 0 Å². The maximum Gasteiger partial charge on any atom is 0.307 e. The van der Waals surface area contributed by atoms with Gasteiger partial charge in [0.15, 0.2) is 0 Å². The molecule has 146 valence electrons. The van der Waals surface area contributed by atoms with Crippen molar-refractivity contribution in [2.75, 3.05) is 26.7 Å². The maximum absolute atomic E-state index is 12.4. The first-order chi connectivity index (χ1) is 13.1. The summed E-state index contributed by atoms with van der Waals surface area (Å²) in [6.07, 6.45) is 2.69. The Kier molecular flexibility index (Phi) is 6.68. The van der Waals surface area contributed by atoms with Crippen LogP contribution in [0.25, 0.3) is 0 Å². The first-order valence-corrected chi connectivity index (χ1v) is 10.3. The van der Waals surface area contributed by atoms with E-state index in [9.17, 15) is 9.59 Å². The second-order valence-electron chi connectivity index (χ2n) is 6.88. The number of hydrogen-bond acceptors (Lipinski definition) is 5. The molecular weight excluding hydrogens is 362 g/mol. The average molecular weight is 390 g/mol. The second kappa shape index (κ2) is 9.19. The lowest BCUT2D eigenvalue weighted by atomic mass is 10.0. The molecule has 0 bridgehead atoms. The summed E-state index contributed by atoms with van der Waals surface area (Å²) in [5.74, 6) is 0.801. The lowest BCUT2D eigenvalue weighted by Crippen LogP contribution is -2.37. The normalized spacial score (nSPS) is 15.6. The molecule has 1 unspecified atom stereocenters. The molecule has 0 saturated carbocycles. The van der Waals surface area contributed by atoms with E-state index in [4.69, 9.17) is 4.74 Å². The van der Waals surface area contributed by atoms with Crippen LogP contribution < -0.4 is 14.9 Å². The molecule has 6 nitrogen and oxygen atoms in total. The Bertz CT molecular complexity index is 824. The van der Waals surface area contributed by atoms with E-state index >= 15 is 0 Å². The van der Waals surface area contributed by atoms with Crippen molar-refractivity contribution in [1.29, 1.82) is 0 Å².